The standard InChI is InChI=1S/C17H26N2O/c1-4-15-5-7-16(8-6-15)18-17(20)12-19-10-13(2)9-14(3)11-19/h5-8,13-14H,4,9-12H2,1-3H3,(H,18,20)/t13-,14+. The molecule has 3 nitrogen and oxygen atoms in total. The molecule has 1 N–H and O–H groups in total. The Hall–Kier alpha value is -1.35. The topological polar surface area (TPSA) is 32.3 Å². The van der Waals surface area contributed by atoms with Crippen LogP contribution in [0.1, 0.15) is 32.8 Å². The average molecular weight is 274 g/mol. The van der Waals surface area contributed by atoms with Crippen LogP contribution in [-0.4, -0.2) is 30.4 Å². The van der Waals surface area contributed by atoms with Gasteiger partial charge >= 0.3 is 0 Å². The molecule has 1 heterocycles. The van der Waals surface area contributed by atoms with Crippen LogP contribution in [-0.2, 0) is 11.2 Å². The van der Waals surface area contributed by atoms with Crippen LogP contribution in [0.25, 0.3) is 0 Å². The summed E-state index contributed by atoms with van der Waals surface area (Å²) in [5.41, 5.74) is 2.19. The summed E-state index contributed by atoms with van der Waals surface area (Å²) >= 11 is 0. The maximum Gasteiger partial charge on any atom is 0.238 e. The Morgan fingerprint density at radius 2 is 1.80 bits per heavy atom. The lowest BCUT2D eigenvalue weighted by atomic mass is 9.92. The molecule has 0 saturated carbocycles. The molecule has 20 heavy (non-hydrogen) atoms. The van der Waals surface area contributed by atoms with Crippen molar-refractivity contribution in [3.8, 4) is 0 Å². The van der Waals surface area contributed by atoms with Crippen molar-refractivity contribution in [3.63, 3.8) is 0 Å². The van der Waals surface area contributed by atoms with E-state index in [0.29, 0.717) is 18.4 Å². The van der Waals surface area contributed by atoms with Gasteiger partial charge in [0.1, 0.15) is 0 Å². The first-order chi connectivity index (χ1) is 9.56. The molecule has 1 fully saturated rings. The van der Waals surface area contributed by atoms with E-state index in [-0.39, 0.29) is 5.91 Å². The average Bonchev–Trinajstić information content (AvgIpc) is 2.38. The van der Waals surface area contributed by atoms with E-state index >= 15 is 0 Å². The molecular weight excluding hydrogens is 248 g/mol. The van der Waals surface area contributed by atoms with Crippen LogP contribution in [0.4, 0.5) is 5.69 Å². The van der Waals surface area contributed by atoms with Crippen LogP contribution >= 0.6 is 0 Å². The molecule has 1 amide bonds. The molecule has 0 spiro atoms. The van der Waals surface area contributed by atoms with Crippen LogP contribution in [0.3, 0.4) is 0 Å². The van der Waals surface area contributed by atoms with E-state index in [0.717, 1.165) is 25.2 Å². The van der Waals surface area contributed by atoms with Gasteiger partial charge in [0.2, 0.25) is 5.91 Å². The van der Waals surface area contributed by atoms with E-state index in [1.807, 2.05) is 12.1 Å². The van der Waals surface area contributed by atoms with Gasteiger partial charge in [-0.3, -0.25) is 9.69 Å². The monoisotopic (exact) mass is 274 g/mol. The van der Waals surface area contributed by atoms with Crippen molar-refractivity contribution >= 4 is 11.6 Å². The summed E-state index contributed by atoms with van der Waals surface area (Å²) in [5, 5.41) is 2.99. The molecule has 1 aliphatic heterocycles. The fraction of sp³-hybridized carbons (Fsp3) is 0.588. The van der Waals surface area contributed by atoms with E-state index in [1.54, 1.807) is 0 Å². The van der Waals surface area contributed by atoms with Crippen LogP contribution in [0.15, 0.2) is 24.3 Å². The Balaban J connectivity index is 1.85. The normalized spacial score (nSPS) is 23.6. The molecule has 0 aromatic heterocycles. The minimum Gasteiger partial charge on any atom is -0.325 e. The Morgan fingerprint density at radius 3 is 2.35 bits per heavy atom. The molecule has 1 aliphatic rings. The number of carbonyl (C=O) groups excluding carboxylic acids is 1. The van der Waals surface area contributed by atoms with Crippen molar-refractivity contribution < 1.29 is 4.79 Å². The van der Waals surface area contributed by atoms with Crippen LogP contribution in [0, 0.1) is 11.8 Å². The minimum atomic E-state index is 0.0931. The molecule has 1 aromatic rings. The van der Waals surface area contributed by atoms with E-state index in [4.69, 9.17) is 0 Å². The zero-order valence-corrected chi connectivity index (χ0v) is 12.9. The number of piperidine rings is 1. The second kappa shape index (κ2) is 6.89. The molecule has 3 heteroatoms. The summed E-state index contributed by atoms with van der Waals surface area (Å²) in [7, 11) is 0. The van der Waals surface area contributed by atoms with Gasteiger partial charge in [0.05, 0.1) is 6.54 Å². The second-order valence-electron chi connectivity index (χ2n) is 6.24. The van der Waals surface area contributed by atoms with Gasteiger partial charge in [0, 0.05) is 18.8 Å². The van der Waals surface area contributed by atoms with Crippen molar-refractivity contribution in [3.05, 3.63) is 29.8 Å². The smallest absolute Gasteiger partial charge is 0.238 e. The predicted molar refractivity (Wildman–Crippen MR) is 83.8 cm³/mol. The van der Waals surface area contributed by atoms with Crippen LogP contribution in [0.2, 0.25) is 0 Å². The first kappa shape index (κ1) is 15.0. The number of likely N-dealkylation sites (tertiary alicyclic amines) is 1. The zero-order chi connectivity index (χ0) is 14.5. The highest BCUT2D eigenvalue weighted by Gasteiger charge is 2.23. The fourth-order valence-electron chi connectivity index (χ4n) is 3.15. The minimum absolute atomic E-state index is 0.0931. The van der Waals surface area contributed by atoms with E-state index < -0.39 is 0 Å². The van der Waals surface area contributed by atoms with Gasteiger partial charge in [-0.05, 0) is 42.4 Å². The molecular formula is C17H26N2O. The van der Waals surface area contributed by atoms with Gasteiger partial charge in [0.15, 0.2) is 0 Å². The van der Waals surface area contributed by atoms with Crippen LogP contribution in [0.5, 0.6) is 0 Å². The van der Waals surface area contributed by atoms with Gasteiger partial charge < -0.3 is 5.32 Å². The Morgan fingerprint density at radius 1 is 1.20 bits per heavy atom. The van der Waals surface area contributed by atoms with Gasteiger partial charge in [-0.25, -0.2) is 0 Å². The molecule has 1 aromatic carbocycles. The number of nitrogens with one attached hydrogen (secondary N) is 1. The third-order valence-electron chi connectivity index (χ3n) is 3.96. The van der Waals surface area contributed by atoms with Crippen molar-refractivity contribution in [2.75, 3.05) is 25.0 Å². The highest BCUT2D eigenvalue weighted by molar-refractivity contribution is 5.92. The molecule has 1 saturated heterocycles. The van der Waals surface area contributed by atoms with Gasteiger partial charge in [-0.1, -0.05) is 32.9 Å². The maximum absolute atomic E-state index is 12.1. The summed E-state index contributed by atoms with van der Waals surface area (Å²) in [5.74, 6) is 1.47. The van der Waals surface area contributed by atoms with Crippen LogP contribution < -0.4 is 5.32 Å². The molecule has 110 valence electrons. The second-order valence-corrected chi connectivity index (χ2v) is 6.24. The predicted octanol–water partition coefficient (Wildman–Crippen LogP) is 3.17. The lowest BCUT2D eigenvalue weighted by Gasteiger charge is -2.34. The highest BCUT2D eigenvalue weighted by Crippen LogP contribution is 2.20. The van der Waals surface area contributed by atoms with Gasteiger partial charge in [-0.15, -0.1) is 0 Å². The SMILES string of the molecule is CCc1ccc(NC(=O)CN2C[C@H](C)C[C@H](C)C2)cc1. The maximum atomic E-state index is 12.1. The number of rotatable bonds is 4. The van der Waals surface area contributed by atoms with Crippen molar-refractivity contribution in [1.82, 2.24) is 4.90 Å². The number of amides is 1. The highest BCUT2D eigenvalue weighted by atomic mass is 16.2. The number of hydrogen-bond acceptors (Lipinski definition) is 2. The molecule has 2 atom stereocenters. The van der Waals surface area contributed by atoms with E-state index in [9.17, 15) is 4.79 Å². The molecule has 0 aliphatic carbocycles. The number of carbonyl (C=O) groups is 1. The lowest BCUT2D eigenvalue weighted by molar-refractivity contribution is -0.117. The van der Waals surface area contributed by atoms with E-state index in [1.165, 1.54) is 12.0 Å². The molecule has 0 bridgehead atoms. The van der Waals surface area contributed by atoms with Crippen molar-refractivity contribution in [2.24, 2.45) is 11.8 Å². The number of nitrogens with zero attached hydrogens (tertiary/aromatic N) is 1. The first-order valence-corrected chi connectivity index (χ1v) is 7.68. The summed E-state index contributed by atoms with van der Waals surface area (Å²) in [6.07, 6.45) is 2.30. The van der Waals surface area contributed by atoms with Crippen molar-refractivity contribution in [1.29, 1.82) is 0 Å². The summed E-state index contributed by atoms with van der Waals surface area (Å²) in [4.78, 5) is 14.4. The summed E-state index contributed by atoms with van der Waals surface area (Å²) in [6, 6.07) is 8.11. The lowest BCUT2D eigenvalue weighted by Crippen LogP contribution is -2.42. The fourth-order valence-corrected chi connectivity index (χ4v) is 3.15. The number of hydrogen-bond donors (Lipinski definition) is 1. The molecule has 2 rings (SSSR count). The third-order valence-corrected chi connectivity index (χ3v) is 3.96. The summed E-state index contributed by atoms with van der Waals surface area (Å²) < 4.78 is 0. The Bertz CT molecular complexity index is 431. The number of benzene rings is 1. The zero-order valence-electron chi connectivity index (χ0n) is 12.9. The first-order valence-electron chi connectivity index (χ1n) is 7.68. The Kier molecular flexibility index (Phi) is 5.18. The largest absolute Gasteiger partial charge is 0.325 e. The number of aryl methyl sites for hydroxylation is 1. The number of anilines is 1. The molecule has 0 unspecified atom stereocenters. The summed E-state index contributed by atoms with van der Waals surface area (Å²) in [6.45, 7) is 9.24. The molecule has 0 radical (unpaired) electrons. The van der Waals surface area contributed by atoms with E-state index in [2.05, 4.69) is 43.1 Å². The third kappa shape index (κ3) is 4.34. The van der Waals surface area contributed by atoms with Gasteiger partial charge in [-0.2, -0.15) is 0 Å². The van der Waals surface area contributed by atoms with Gasteiger partial charge in [0.25, 0.3) is 0 Å². The van der Waals surface area contributed by atoms with Crippen molar-refractivity contribution in [2.45, 2.75) is 33.6 Å². The Labute approximate surface area is 122 Å². The quantitative estimate of drug-likeness (QED) is 0.914.